The van der Waals surface area contributed by atoms with Crippen LogP contribution in [0.3, 0.4) is 0 Å². The molecule has 1 aliphatic rings. The minimum atomic E-state index is -0.467. The lowest BCUT2D eigenvalue weighted by atomic mass is 10.2. The van der Waals surface area contributed by atoms with E-state index in [0.29, 0.717) is 13.1 Å². The summed E-state index contributed by atoms with van der Waals surface area (Å²) in [5, 5.41) is 4.96. The van der Waals surface area contributed by atoms with E-state index in [1.807, 2.05) is 65.0 Å². The van der Waals surface area contributed by atoms with Crippen LogP contribution in [0.5, 0.6) is 0 Å². The average Bonchev–Trinajstić information content (AvgIpc) is 3.44. The molecule has 150 valence electrons. The van der Waals surface area contributed by atoms with Gasteiger partial charge in [-0.05, 0) is 48.9 Å². The number of rotatable bonds is 3. The van der Waals surface area contributed by atoms with Crippen LogP contribution < -0.4 is 0 Å². The van der Waals surface area contributed by atoms with Crippen LogP contribution in [-0.4, -0.2) is 25.2 Å². The standard InChI is InChI=1S/C23H18ClFN4O/c1-15-6-2-3-7-21(15)29-22(27-10-4-5-11-27)18-13-28(14-20(18)26-29)23(30)17-9-8-16(25)12-19(17)24/h2-12H,13-14H2,1H3. The van der Waals surface area contributed by atoms with E-state index < -0.39 is 5.82 Å². The van der Waals surface area contributed by atoms with E-state index in [9.17, 15) is 9.18 Å². The molecule has 7 heteroatoms. The first-order chi connectivity index (χ1) is 14.5. The number of para-hydroxylation sites is 1. The third kappa shape index (κ3) is 3.00. The number of benzene rings is 2. The number of aryl methyl sites for hydroxylation is 1. The molecule has 0 N–H and O–H groups in total. The molecule has 0 fully saturated rings. The van der Waals surface area contributed by atoms with Gasteiger partial charge in [-0.1, -0.05) is 29.8 Å². The summed E-state index contributed by atoms with van der Waals surface area (Å²) in [5.41, 5.74) is 4.22. The van der Waals surface area contributed by atoms with Crippen molar-refractivity contribution in [3.05, 3.63) is 100 Å². The molecule has 1 aliphatic heterocycles. The Hall–Kier alpha value is -3.38. The topological polar surface area (TPSA) is 43.1 Å². The number of hydrogen-bond donors (Lipinski definition) is 0. The lowest BCUT2D eigenvalue weighted by Gasteiger charge is -2.18. The highest BCUT2D eigenvalue weighted by Crippen LogP contribution is 2.32. The maximum Gasteiger partial charge on any atom is 0.256 e. The van der Waals surface area contributed by atoms with Crippen molar-refractivity contribution >= 4 is 17.5 Å². The van der Waals surface area contributed by atoms with Crippen LogP contribution in [-0.2, 0) is 13.1 Å². The van der Waals surface area contributed by atoms with E-state index >= 15 is 0 Å². The number of aromatic nitrogens is 3. The van der Waals surface area contributed by atoms with Crippen molar-refractivity contribution in [3.63, 3.8) is 0 Å². The Kier molecular flexibility index (Phi) is 4.44. The van der Waals surface area contributed by atoms with Crippen LogP contribution in [0.25, 0.3) is 11.5 Å². The monoisotopic (exact) mass is 420 g/mol. The van der Waals surface area contributed by atoms with E-state index in [4.69, 9.17) is 16.7 Å². The number of nitrogens with zero attached hydrogens (tertiary/aromatic N) is 4. The Balaban J connectivity index is 1.56. The molecule has 2 aromatic heterocycles. The zero-order valence-electron chi connectivity index (χ0n) is 16.2. The van der Waals surface area contributed by atoms with E-state index in [2.05, 4.69) is 0 Å². The van der Waals surface area contributed by atoms with Gasteiger partial charge in [-0.3, -0.25) is 4.79 Å². The third-order valence-corrected chi connectivity index (χ3v) is 5.68. The fourth-order valence-corrected chi connectivity index (χ4v) is 4.14. The second-order valence-electron chi connectivity index (χ2n) is 7.32. The first-order valence-electron chi connectivity index (χ1n) is 9.57. The first-order valence-corrected chi connectivity index (χ1v) is 9.95. The van der Waals surface area contributed by atoms with Gasteiger partial charge in [-0.25, -0.2) is 9.07 Å². The maximum atomic E-state index is 13.4. The molecule has 0 spiro atoms. The van der Waals surface area contributed by atoms with Gasteiger partial charge in [0.2, 0.25) is 0 Å². The van der Waals surface area contributed by atoms with Gasteiger partial charge in [-0.15, -0.1) is 0 Å². The van der Waals surface area contributed by atoms with Crippen LogP contribution in [0.15, 0.2) is 67.0 Å². The second kappa shape index (κ2) is 7.15. The Morgan fingerprint density at radius 2 is 1.83 bits per heavy atom. The average molecular weight is 421 g/mol. The molecule has 5 rings (SSSR count). The Bertz CT molecular complexity index is 1260. The molecular weight excluding hydrogens is 403 g/mol. The van der Waals surface area contributed by atoms with Crippen molar-refractivity contribution in [2.45, 2.75) is 20.0 Å². The zero-order chi connectivity index (χ0) is 20.8. The molecule has 0 atom stereocenters. The molecule has 2 aromatic carbocycles. The first kappa shape index (κ1) is 18.6. The Morgan fingerprint density at radius 1 is 1.07 bits per heavy atom. The molecule has 0 saturated carbocycles. The highest BCUT2D eigenvalue weighted by atomic mass is 35.5. The highest BCUT2D eigenvalue weighted by Gasteiger charge is 2.32. The van der Waals surface area contributed by atoms with Crippen LogP contribution >= 0.6 is 11.6 Å². The molecule has 30 heavy (non-hydrogen) atoms. The van der Waals surface area contributed by atoms with Crippen LogP contribution in [0.2, 0.25) is 5.02 Å². The molecule has 4 aromatic rings. The zero-order valence-corrected chi connectivity index (χ0v) is 17.0. The lowest BCUT2D eigenvalue weighted by molar-refractivity contribution is 0.0749. The highest BCUT2D eigenvalue weighted by molar-refractivity contribution is 6.33. The summed E-state index contributed by atoms with van der Waals surface area (Å²) in [6.45, 7) is 2.82. The molecule has 0 radical (unpaired) electrons. The van der Waals surface area contributed by atoms with E-state index in [-0.39, 0.29) is 16.5 Å². The number of carbonyl (C=O) groups excluding carboxylic acids is 1. The van der Waals surface area contributed by atoms with E-state index in [1.165, 1.54) is 12.1 Å². The summed E-state index contributed by atoms with van der Waals surface area (Å²) in [7, 11) is 0. The van der Waals surface area contributed by atoms with Gasteiger partial charge in [0.25, 0.3) is 5.91 Å². The third-order valence-electron chi connectivity index (χ3n) is 5.37. The van der Waals surface area contributed by atoms with Crippen LogP contribution in [0.1, 0.15) is 27.2 Å². The summed E-state index contributed by atoms with van der Waals surface area (Å²) < 4.78 is 17.3. The molecular formula is C23H18ClFN4O. The fraction of sp³-hybridized carbons (Fsp3) is 0.130. The van der Waals surface area contributed by atoms with Gasteiger partial charge in [0.05, 0.1) is 35.1 Å². The molecule has 0 unspecified atom stereocenters. The van der Waals surface area contributed by atoms with Gasteiger partial charge in [0.15, 0.2) is 0 Å². The maximum absolute atomic E-state index is 13.4. The molecule has 3 heterocycles. The summed E-state index contributed by atoms with van der Waals surface area (Å²) >= 11 is 6.11. The van der Waals surface area contributed by atoms with Crippen molar-refractivity contribution in [2.75, 3.05) is 0 Å². The van der Waals surface area contributed by atoms with E-state index in [0.717, 1.165) is 34.4 Å². The van der Waals surface area contributed by atoms with Crippen molar-refractivity contribution in [3.8, 4) is 11.5 Å². The lowest BCUT2D eigenvalue weighted by Crippen LogP contribution is -2.26. The number of halogens is 2. The Labute approximate surface area is 177 Å². The van der Waals surface area contributed by atoms with Gasteiger partial charge in [0.1, 0.15) is 11.6 Å². The SMILES string of the molecule is Cc1ccccc1-n1nc2c(c1-n1cccc1)CN(C(=O)c1ccc(F)cc1Cl)C2. The quantitative estimate of drug-likeness (QED) is 0.472. The minimum Gasteiger partial charge on any atom is -0.328 e. The van der Waals surface area contributed by atoms with Gasteiger partial charge in [-0.2, -0.15) is 5.10 Å². The second-order valence-corrected chi connectivity index (χ2v) is 7.73. The van der Waals surface area contributed by atoms with Crippen molar-refractivity contribution in [1.82, 2.24) is 19.2 Å². The van der Waals surface area contributed by atoms with Crippen LogP contribution in [0.4, 0.5) is 4.39 Å². The predicted molar refractivity (Wildman–Crippen MR) is 113 cm³/mol. The van der Waals surface area contributed by atoms with E-state index in [1.54, 1.807) is 4.90 Å². The summed E-state index contributed by atoms with van der Waals surface area (Å²) in [5.74, 6) is 0.203. The summed E-state index contributed by atoms with van der Waals surface area (Å²) in [4.78, 5) is 14.7. The number of amides is 1. The molecule has 1 amide bonds. The molecule has 0 bridgehead atoms. The van der Waals surface area contributed by atoms with Gasteiger partial charge >= 0.3 is 0 Å². The largest absolute Gasteiger partial charge is 0.328 e. The molecule has 0 saturated heterocycles. The molecule has 0 aliphatic carbocycles. The summed E-state index contributed by atoms with van der Waals surface area (Å²) in [6, 6.07) is 15.8. The van der Waals surface area contributed by atoms with Crippen LogP contribution in [0, 0.1) is 12.7 Å². The number of carbonyl (C=O) groups is 1. The van der Waals surface area contributed by atoms with Crippen molar-refractivity contribution in [2.24, 2.45) is 0 Å². The predicted octanol–water partition coefficient (Wildman–Crippen LogP) is 4.92. The van der Waals surface area contributed by atoms with Crippen molar-refractivity contribution in [1.29, 1.82) is 0 Å². The number of hydrogen-bond acceptors (Lipinski definition) is 2. The number of fused-ring (bicyclic) bond motifs is 1. The Morgan fingerprint density at radius 3 is 2.57 bits per heavy atom. The van der Waals surface area contributed by atoms with Gasteiger partial charge in [0, 0.05) is 18.0 Å². The molecule has 5 nitrogen and oxygen atoms in total. The van der Waals surface area contributed by atoms with Gasteiger partial charge < -0.3 is 9.47 Å². The summed E-state index contributed by atoms with van der Waals surface area (Å²) in [6.07, 6.45) is 3.93. The normalized spacial score (nSPS) is 13.0. The fourth-order valence-electron chi connectivity index (χ4n) is 3.89. The smallest absolute Gasteiger partial charge is 0.256 e. The minimum absolute atomic E-state index is 0.111. The van der Waals surface area contributed by atoms with Crippen molar-refractivity contribution < 1.29 is 9.18 Å².